The summed E-state index contributed by atoms with van der Waals surface area (Å²) in [4.78, 5) is 19.0. The summed E-state index contributed by atoms with van der Waals surface area (Å²) in [7, 11) is 0. The molecule has 0 saturated carbocycles. The van der Waals surface area contributed by atoms with Gasteiger partial charge in [0.05, 0.1) is 22.1 Å². The largest absolute Gasteiger partial charge is 0.347 e. The summed E-state index contributed by atoms with van der Waals surface area (Å²) in [5.41, 5.74) is 2.74. The Kier molecular flexibility index (Phi) is 4.36. The second-order valence-corrected chi connectivity index (χ2v) is 7.25. The fourth-order valence-corrected chi connectivity index (χ4v) is 3.77. The summed E-state index contributed by atoms with van der Waals surface area (Å²) >= 11 is 3.32. The van der Waals surface area contributed by atoms with Crippen LogP contribution >= 0.6 is 22.7 Å². The molecule has 5 heteroatoms. The van der Waals surface area contributed by atoms with Gasteiger partial charge in [-0.15, -0.1) is 22.7 Å². The van der Waals surface area contributed by atoms with Crippen LogP contribution in [0.1, 0.15) is 25.8 Å². The van der Waals surface area contributed by atoms with Crippen molar-refractivity contribution in [3.8, 4) is 10.6 Å². The van der Waals surface area contributed by atoms with E-state index in [0.717, 1.165) is 31.6 Å². The number of carbonyl (C=O) groups excluding carboxylic acids is 1. The summed E-state index contributed by atoms with van der Waals surface area (Å²) < 4.78 is 0. The molecular formula is C17H16N2OS2. The standard InChI is InChI=1S/C17H16N2OS2/c1-11-5-3-4-6-14(11)17(20)18-9-13-7-8-16(22-13)15-10-21-12(2)19-15/h3-8,10H,9H2,1-2H3,(H,18,20). The minimum Gasteiger partial charge on any atom is -0.347 e. The number of nitrogens with one attached hydrogen (secondary N) is 1. The topological polar surface area (TPSA) is 42.0 Å². The lowest BCUT2D eigenvalue weighted by molar-refractivity contribution is 0.0950. The SMILES string of the molecule is Cc1nc(-c2ccc(CNC(=O)c3ccccc3C)s2)cs1. The van der Waals surface area contributed by atoms with E-state index >= 15 is 0 Å². The zero-order valence-electron chi connectivity index (χ0n) is 12.4. The Hall–Kier alpha value is -1.98. The van der Waals surface area contributed by atoms with Crippen molar-refractivity contribution in [2.24, 2.45) is 0 Å². The lowest BCUT2D eigenvalue weighted by atomic mass is 10.1. The molecule has 3 aromatic rings. The van der Waals surface area contributed by atoms with Crippen molar-refractivity contribution in [2.45, 2.75) is 20.4 Å². The van der Waals surface area contributed by atoms with Crippen LogP contribution < -0.4 is 5.32 Å². The number of thiazole rings is 1. The number of thiophene rings is 1. The molecule has 2 aromatic heterocycles. The first-order valence-electron chi connectivity index (χ1n) is 6.98. The van der Waals surface area contributed by atoms with Crippen LogP contribution in [0, 0.1) is 13.8 Å². The van der Waals surface area contributed by atoms with Crippen molar-refractivity contribution < 1.29 is 4.79 Å². The van der Waals surface area contributed by atoms with Crippen molar-refractivity contribution in [1.82, 2.24) is 10.3 Å². The van der Waals surface area contributed by atoms with Crippen LogP contribution in [0.15, 0.2) is 41.8 Å². The molecule has 112 valence electrons. The van der Waals surface area contributed by atoms with Crippen LogP contribution in [0.5, 0.6) is 0 Å². The first-order chi connectivity index (χ1) is 10.6. The number of benzene rings is 1. The molecule has 0 spiro atoms. The number of nitrogens with zero attached hydrogens (tertiary/aromatic N) is 1. The molecule has 3 nitrogen and oxygen atoms in total. The smallest absolute Gasteiger partial charge is 0.251 e. The maximum absolute atomic E-state index is 12.2. The minimum absolute atomic E-state index is 0.0300. The highest BCUT2D eigenvalue weighted by Crippen LogP contribution is 2.28. The number of carbonyl (C=O) groups is 1. The Labute approximate surface area is 137 Å². The van der Waals surface area contributed by atoms with Gasteiger partial charge in [0.15, 0.2) is 0 Å². The molecule has 0 atom stereocenters. The molecule has 1 N–H and O–H groups in total. The van der Waals surface area contributed by atoms with E-state index in [9.17, 15) is 4.79 Å². The van der Waals surface area contributed by atoms with Crippen molar-refractivity contribution in [3.05, 3.63) is 62.8 Å². The second kappa shape index (κ2) is 6.42. The number of hydrogen-bond donors (Lipinski definition) is 1. The van der Waals surface area contributed by atoms with Crippen LogP contribution in [0.2, 0.25) is 0 Å². The summed E-state index contributed by atoms with van der Waals surface area (Å²) in [5.74, 6) is -0.0300. The Balaban J connectivity index is 1.66. The third-order valence-electron chi connectivity index (χ3n) is 3.35. The van der Waals surface area contributed by atoms with Crippen molar-refractivity contribution >= 4 is 28.6 Å². The molecule has 0 unspecified atom stereocenters. The molecule has 0 aliphatic carbocycles. The molecular weight excluding hydrogens is 312 g/mol. The molecule has 0 radical (unpaired) electrons. The predicted octanol–water partition coefficient (Wildman–Crippen LogP) is 4.42. The van der Waals surface area contributed by atoms with Crippen LogP contribution in [-0.4, -0.2) is 10.9 Å². The molecule has 22 heavy (non-hydrogen) atoms. The van der Waals surface area contributed by atoms with E-state index in [-0.39, 0.29) is 5.91 Å². The minimum atomic E-state index is -0.0300. The summed E-state index contributed by atoms with van der Waals surface area (Å²) in [6, 6.07) is 11.7. The van der Waals surface area contributed by atoms with Gasteiger partial charge < -0.3 is 5.32 Å². The number of hydrogen-bond acceptors (Lipinski definition) is 4. The maximum Gasteiger partial charge on any atom is 0.251 e. The van der Waals surface area contributed by atoms with Crippen molar-refractivity contribution in [3.63, 3.8) is 0 Å². The van der Waals surface area contributed by atoms with Crippen LogP contribution in [0.3, 0.4) is 0 Å². The molecule has 1 amide bonds. The third-order valence-corrected chi connectivity index (χ3v) is 5.23. The van der Waals surface area contributed by atoms with E-state index in [1.165, 1.54) is 0 Å². The molecule has 2 heterocycles. The lowest BCUT2D eigenvalue weighted by Crippen LogP contribution is -2.23. The third kappa shape index (κ3) is 3.26. The zero-order chi connectivity index (χ0) is 15.5. The number of aryl methyl sites for hydroxylation is 2. The van der Waals surface area contributed by atoms with Crippen LogP contribution in [0.25, 0.3) is 10.6 Å². The fraction of sp³-hybridized carbons (Fsp3) is 0.176. The monoisotopic (exact) mass is 328 g/mol. The summed E-state index contributed by atoms with van der Waals surface area (Å²) in [6.45, 7) is 4.49. The van der Waals surface area contributed by atoms with E-state index < -0.39 is 0 Å². The van der Waals surface area contributed by atoms with Crippen LogP contribution in [0.4, 0.5) is 0 Å². The Morgan fingerprint density at radius 2 is 2.00 bits per heavy atom. The fourth-order valence-electron chi connectivity index (χ4n) is 2.18. The van der Waals surface area contributed by atoms with E-state index in [2.05, 4.69) is 21.7 Å². The van der Waals surface area contributed by atoms with Gasteiger partial charge in [0.25, 0.3) is 5.91 Å². The molecule has 0 aliphatic rings. The molecule has 0 aliphatic heterocycles. The van der Waals surface area contributed by atoms with Gasteiger partial charge in [-0.1, -0.05) is 18.2 Å². The van der Waals surface area contributed by atoms with Crippen molar-refractivity contribution in [1.29, 1.82) is 0 Å². The van der Waals surface area contributed by atoms with Gasteiger partial charge in [-0.25, -0.2) is 4.98 Å². The molecule has 3 rings (SSSR count). The van der Waals surface area contributed by atoms with Crippen molar-refractivity contribution in [2.75, 3.05) is 0 Å². The van der Waals surface area contributed by atoms with Gasteiger partial charge in [-0.2, -0.15) is 0 Å². The maximum atomic E-state index is 12.2. The normalized spacial score (nSPS) is 10.6. The van der Waals surface area contributed by atoms with Gasteiger partial charge in [-0.3, -0.25) is 4.79 Å². The summed E-state index contributed by atoms with van der Waals surface area (Å²) in [5, 5.41) is 6.11. The van der Waals surface area contributed by atoms with Gasteiger partial charge in [0.2, 0.25) is 0 Å². The van der Waals surface area contributed by atoms with Gasteiger partial charge in [0, 0.05) is 15.8 Å². The van der Waals surface area contributed by atoms with E-state index in [4.69, 9.17) is 0 Å². The Morgan fingerprint density at radius 3 is 2.73 bits per heavy atom. The summed E-state index contributed by atoms with van der Waals surface area (Å²) in [6.07, 6.45) is 0. The quantitative estimate of drug-likeness (QED) is 0.770. The molecule has 0 saturated heterocycles. The first kappa shape index (κ1) is 14.9. The number of aromatic nitrogens is 1. The van der Waals surface area contributed by atoms with Gasteiger partial charge >= 0.3 is 0 Å². The average Bonchev–Trinajstić information content (AvgIpc) is 3.14. The Bertz CT molecular complexity index is 804. The lowest BCUT2D eigenvalue weighted by Gasteiger charge is -2.06. The zero-order valence-corrected chi connectivity index (χ0v) is 14.1. The highest BCUT2D eigenvalue weighted by Gasteiger charge is 2.10. The second-order valence-electron chi connectivity index (χ2n) is 5.02. The number of rotatable bonds is 4. The van der Waals surface area contributed by atoms with E-state index in [0.29, 0.717) is 6.54 Å². The van der Waals surface area contributed by atoms with E-state index in [1.54, 1.807) is 22.7 Å². The number of amides is 1. The van der Waals surface area contributed by atoms with Gasteiger partial charge in [0.1, 0.15) is 0 Å². The van der Waals surface area contributed by atoms with Gasteiger partial charge in [-0.05, 0) is 37.6 Å². The predicted molar refractivity (Wildman–Crippen MR) is 92.5 cm³/mol. The molecule has 0 bridgehead atoms. The van der Waals surface area contributed by atoms with E-state index in [1.807, 2.05) is 44.2 Å². The molecule has 0 fully saturated rings. The Morgan fingerprint density at radius 1 is 1.18 bits per heavy atom. The highest BCUT2D eigenvalue weighted by molar-refractivity contribution is 7.16. The first-order valence-corrected chi connectivity index (χ1v) is 8.68. The average molecular weight is 328 g/mol. The molecule has 1 aromatic carbocycles. The van der Waals surface area contributed by atoms with Crippen LogP contribution in [-0.2, 0) is 6.54 Å². The highest BCUT2D eigenvalue weighted by atomic mass is 32.1.